The van der Waals surface area contributed by atoms with Crippen molar-refractivity contribution in [3.05, 3.63) is 11.8 Å². The summed E-state index contributed by atoms with van der Waals surface area (Å²) < 4.78 is 0. The number of carbonyl (C=O) groups is 1. The lowest BCUT2D eigenvalue weighted by Crippen LogP contribution is -2.31. The van der Waals surface area contributed by atoms with E-state index in [4.69, 9.17) is 0 Å². The topological polar surface area (TPSA) is 23.6 Å². The van der Waals surface area contributed by atoms with Gasteiger partial charge in [0.05, 0.1) is 6.54 Å². The number of Topliss-reactive ketones (excluding diaryl/α,β-unsaturated/α-hetero) is 1. The number of likely N-dealkylation sites (tertiary alicyclic amines) is 1. The second-order valence-corrected chi connectivity index (χ2v) is 4.97. The van der Waals surface area contributed by atoms with Gasteiger partial charge in [-0.2, -0.15) is 0 Å². The van der Waals surface area contributed by atoms with Gasteiger partial charge in [0.1, 0.15) is 0 Å². The van der Waals surface area contributed by atoms with Gasteiger partial charge < -0.3 is 4.90 Å². The first-order valence-electron chi connectivity index (χ1n) is 5.57. The van der Waals surface area contributed by atoms with E-state index in [9.17, 15) is 4.79 Å². The van der Waals surface area contributed by atoms with Crippen LogP contribution in [0.3, 0.4) is 0 Å². The molecule has 0 radical (unpaired) electrons. The van der Waals surface area contributed by atoms with Crippen LogP contribution in [0.2, 0.25) is 0 Å². The normalized spacial score (nSPS) is 25.6. The van der Waals surface area contributed by atoms with Crippen LogP contribution in [0.1, 0.15) is 20.8 Å². The Morgan fingerprint density at radius 3 is 2.60 bits per heavy atom. The number of hydrogen-bond acceptors (Lipinski definition) is 3. The van der Waals surface area contributed by atoms with Gasteiger partial charge >= 0.3 is 0 Å². The van der Waals surface area contributed by atoms with E-state index in [1.165, 1.54) is 0 Å². The van der Waals surface area contributed by atoms with Gasteiger partial charge in [0.25, 0.3) is 0 Å². The van der Waals surface area contributed by atoms with Crippen molar-refractivity contribution in [2.45, 2.75) is 26.8 Å². The van der Waals surface area contributed by atoms with E-state index in [0.717, 1.165) is 12.1 Å². The quantitative estimate of drug-likeness (QED) is 0.657. The molecule has 1 aliphatic rings. The standard InChI is InChI=1S/C12H22N2O/c1-9(2)6-14-8-12(15)11(10(14)3)7-13(4)5/h7,9-10H,6,8H2,1-5H3/b11-7-. The summed E-state index contributed by atoms with van der Waals surface area (Å²) in [7, 11) is 3.91. The van der Waals surface area contributed by atoms with Gasteiger partial charge in [0, 0.05) is 38.5 Å². The van der Waals surface area contributed by atoms with Crippen molar-refractivity contribution in [2.24, 2.45) is 5.92 Å². The van der Waals surface area contributed by atoms with Gasteiger partial charge in [-0.3, -0.25) is 9.69 Å². The number of ketones is 1. The molecule has 0 bridgehead atoms. The van der Waals surface area contributed by atoms with E-state index in [1.807, 2.05) is 25.2 Å². The molecule has 0 saturated carbocycles. The summed E-state index contributed by atoms with van der Waals surface area (Å²) in [4.78, 5) is 16.0. The third-order valence-corrected chi connectivity index (χ3v) is 2.66. The molecule has 1 rings (SSSR count). The molecule has 1 atom stereocenters. The highest BCUT2D eigenvalue weighted by Crippen LogP contribution is 2.21. The Hall–Kier alpha value is -0.830. The molecule has 0 spiro atoms. The zero-order valence-corrected chi connectivity index (χ0v) is 10.4. The Kier molecular flexibility index (Phi) is 3.91. The van der Waals surface area contributed by atoms with Crippen LogP contribution in [0.5, 0.6) is 0 Å². The minimum Gasteiger partial charge on any atom is -0.383 e. The van der Waals surface area contributed by atoms with Gasteiger partial charge in [-0.1, -0.05) is 13.8 Å². The van der Waals surface area contributed by atoms with Gasteiger partial charge in [-0.15, -0.1) is 0 Å². The van der Waals surface area contributed by atoms with E-state index in [0.29, 0.717) is 12.5 Å². The lowest BCUT2D eigenvalue weighted by atomic mass is 10.1. The van der Waals surface area contributed by atoms with Crippen LogP contribution >= 0.6 is 0 Å². The van der Waals surface area contributed by atoms with Gasteiger partial charge in [0.15, 0.2) is 5.78 Å². The predicted molar refractivity (Wildman–Crippen MR) is 62.7 cm³/mol. The predicted octanol–water partition coefficient (Wildman–Crippen LogP) is 1.36. The highest BCUT2D eigenvalue weighted by Gasteiger charge is 2.32. The smallest absolute Gasteiger partial charge is 0.175 e. The summed E-state index contributed by atoms with van der Waals surface area (Å²) in [5.74, 6) is 0.885. The molecule has 0 N–H and O–H groups in total. The maximum absolute atomic E-state index is 11.8. The summed E-state index contributed by atoms with van der Waals surface area (Å²) in [5.41, 5.74) is 0.945. The second-order valence-electron chi connectivity index (χ2n) is 4.97. The molecular weight excluding hydrogens is 188 g/mol. The average molecular weight is 210 g/mol. The molecule has 3 nitrogen and oxygen atoms in total. The van der Waals surface area contributed by atoms with Crippen LogP contribution in [0.15, 0.2) is 11.8 Å². The summed E-state index contributed by atoms with van der Waals surface area (Å²) in [5, 5.41) is 0. The maximum Gasteiger partial charge on any atom is 0.175 e. The Morgan fingerprint density at radius 2 is 2.13 bits per heavy atom. The van der Waals surface area contributed by atoms with Crippen molar-refractivity contribution in [1.82, 2.24) is 9.80 Å². The van der Waals surface area contributed by atoms with Crippen LogP contribution in [-0.2, 0) is 4.79 Å². The molecule has 1 saturated heterocycles. The molecule has 1 aliphatic heterocycles. The fourth-order valence-electron chi connectivity index (χ4n) is 1.99. The van der Waals surface area contributed by atoms with Gasteiger partial charge in [-0.25, -0.2) is 0 Å². The van der Waals surface area contributed by atoms with Crippen LogP contribution in [0.25, 0.3) is 0 Å². The lowest BCUT2D eigenvalue weighted by molar-refractivity contribution is -0.114. The fraction of sp³-hybridized carbons (Fsp3) is 0.750. The summed E-state index contributed by atoms with van der Waals surface area (Å²) >= 11 is 0. The number of nitrogens with zero attached hydrogens (tertiary/aromatic N) is 2. The summed E-state index contributed by atoms with van der Waals surface area (Å²) in [6.07, 6.45) is 1.95. The molecule has 1 heterocycles. The Labute approximate surface area is 92.7 Å². The van der Waals surface area contributed by atoms with Crippen molar-refractivity contribution in [1.29, 1.82) is 0 Å². The largest absolute Gasteiger partial charge is 0.383 e. The Bertz CT molecular complexity index is 269. The minimum atomic E-state index is 0.266. The molecular formula is C12H22N2O. The molecule has 15 heavy (non-hydrogen) atoms. The Morgan fingerprint density at radius 1 is 1.53 bits per heavy atom. The third kappa shape index (κ3) is 3.06. The maximum atomic E-state index is 11.8. The fourth-order valence-corrected chi connectivity index (χ4v) is 1.99. The molecule has 1 fully saturated rings. The number of hydrogen-bond donors (Lipinski definition) is 0. The molecule has 3 heteroatoms. The monoisotopic (exact) mass is 210 g/mol. The SMILES string of the molecule is CC(C)CN1CC(=O)/C(=C\N(C)C)C1C. The number of carbonyl (C=O) groups excluding carboxylic acids is 1. The molecule has 0 aliphatic carbocycles. The number of rotatable bonds is 3. The average Bonchev–Trinajstić information content (AvgIpc) is 2.31. The molecule has 0 amide bonds. The first-order chi connectivity index (χ1) is 6.91. The van der Waals surface area contributed by atoms with Crippen LogP contribution in [-0.4, -0.2) is 48.8 Å². The first kappa shape index (κ1) is 12.2. The van der Waals surface area contributed by atoms with Crippen LogP contribution in [0, 0.1) is 5.92 Å². The summed E-state index contributed by atoms with van der Waals surface area (Å²) in [6.45, 7) is 8.06. The van der Waals surface area contributed by atoms with Crippen molar-refractivity contribution in [2.75, 3.05) is 27.2 Å². The van der Waals surface area contributed by atoms with Gasteiger partial charge in [0.2, 0.25) is 0 Å². The first-order valence-corrected chi connectivity index (χ1v) is 5.57. The molecule has 0 aromatic carbocycles. The summed E-state index contributed by atoms with van der Waals surface area (Å²) in [6, 6.07) is 0.266. The van der Waals surface area contributed by atoms with E-state index >= 15 is 0 Å². The minimum absolute atomic E-state index is 0.266. The zero-order valence-electron chi connectivity index (χ0n) is 10.4. The van der Waals surface area contributed by atoms with E-state index in [2.05, 4.69) is 25.7 Å². The van der Waals surface area contributed by atoms with Crippen molar-refractivity contribution >= 4 is 5.78 Å². The molecule has 0 aromatic rings. The van der Waals surface area contributed by atoms with Crippen LogP contribution in [0.4, 0.5) is 0 Å². The second kappa shape index (κ2) is 4.79. The molecule has 0 aromatic heterocycles. The van der Waals surface area contributed by atoms with Gasteiger partial charge in [-0.05, 0) is 12.8 Å². The van der Waals surface area contributed by atoms with E-state index < -0.39 is 0 Å². The highest BCUT2D eigenvalue weighted by atomic mass is 16.1. The van der Waals surface area contributed by atoms with Crippen molar-refractivity contribution in [3.8, 4) is 0 Å². The zero-order chi connectivity index (χ0) is 11.6. The third-order valence-electron chi connectivity index (χ3n) is 2.66. The van der Waals surface area contributed by atoms with Crippen molar-refractivity contribution < 1.29 is 4.79 Å². The van der Waals surface area contributed by atoms with Crippen LogP contribution < -0.4 is 0 Å². The highest BCUT2D eigenvalue weighted by molar-refractivity contribution is 6.00. The Balaban J connectivity index is 2.74. The molecule has 86 valence electrons. The molecule has 1 unspecified atom stereocenters. The van der Waals surface area contributed by atoms with E-state index in [1.54, 1.807) is 0 Å². The van der Waals surface area contributed by atoms with E-state index in [-0.39, 0.29) is 11.8 Å². The lowest BCUT2D eigenvalue weighted by Gasteiger charge is -2.22. The van der Waals surface area contributed by atoms with Crippen molar-refractivity contribution in [3.63, 3.8) is 0 Å².